The molecule has 0 saturated carbocycles. The highest BCUT2D eigenvalue weighted by Crippen LogP contribution is 2.31. The summed E-state index contributed by atoms with van der Waals surface area (Å²) in [6.07, 6.45) is 0. The Balaban J connectivity index is 1.90. The van der Waals surface area contributed by atoms with Gasteiger partial charge in [0.05, 0.1) is 17.1 Å². The Morgan fingerprint density at radius 3 is 2.43 bits per heavy atom. The lowest BCUT2D eigenvalue weighted by atomic mass is 10.3. The minimum absolute atomic E-state index is 1.01. The first-order valence-electron chi connectivity index (χ1n) is 7.18. The summed E-state index contributed by atoms with van der Waals surface area (Å²) in [6.45, 7) is 3.21. The third-order valence-corrected chi connectivity index (χ3v) is 4.73. The van der Waals surface area contributed by atoms with Crippen LogP contribution in [0.4, 0.5) is 17.1 Å². The molecule has 0 bridgehead atoms. The molecule has 0 radical (unpaired) electrons. The van der Waals surface area contributed by atoms with Crippen molar-refractivity contribution >= 4 is 34.0 Å². The van der Waals surface area contributed by atoms with E-state index in [9.17, 15) is 0 Å². The zero-order valence-electron chi connectivity index (χ0n) is 12.6. The molecule has 1 aliphatic heterocycles. The van der Waals surface area contributed by atoms with Crippen LogP contribution in [0, 0.1) is 0 Å². The van der Waals surface area contributed by atoms with Crippen molar-refractivity contribution in [2.24, 2.45) is 4.99 Å². The average molecular weight is 298 g/mol. The third kappa shape index (κ3) is 2.82. The third-order valence-electron chi connectivity index (χ3n) is 3.63. The number of hydrogen-bond acceptors (Lipinski definition) is 3. The molecule has 3 nitrogen and oxygen atoms in total. The number of para-hydroxylation sites is 1. The number of anilines is 1. The van der Waals surface area contributed by atoms with Gasteiger partial charge in [-0.3, -0.25) is 0 Å². The molecule has 0 spiro atoms. The normalized spacial score (nSPS) is 18.8. The predicted octanol–water partition coefficient (Wildman–Crippen LogP) is 3.08. The minimum atomic E-state index is 1.01. The summed E-state index contributed by atoms with van der Waals surface area (Å²) in [5.74, 6) is 0. The molecule has 1 heterocycles. The fourth-order valence-corrected chi connectivity index (χ4v) is 3.65. The second-order valence-corrected chi connectivity index (χ2v) is 6.29. The van der Waals surface area contributed by atoms with Crippen LogP contribution in [0.1, 0.15) is 6.92 Å². The molecule has 4 heteroatoms. The van der Waals surface area contributed by atoms with Gasteiger partial charge in [-0.05, 0) is 49.0 Å². The molecule has 1 N–H and O–H groups in total. The topological polar surface area (TPSA) is 20.0 Å². The fourth-order valence-electron chi connectivity index (χ4n) is 2.46. The maximum Gasteiger partial charge on any atom is 0.272 e. The standard InChI is InChI=1S/C17H19N3S/c1-4-20-15-7-5-6-8-16(15)21-17(20)18-13-9-11-14(12-10-13)19(2)3/h5-12H,4H2,1-3H3/p+1. The molecule has 0 aromatic heterocycles. The van der Waals surface area contributed by atoms with Crippen LogP contribution < -0.4 is 9.80 Å². The van der Waals surface area contributed by atoms with E-state index in [1.54, 1.807) is 11.8 Å². The van der Waals surface area contributed by atoms with Crippen LogP contribution in [0.25, 0.3) is 0 Å². The van der Waals surface area contributed by atoms with Crippen LogP contribution in [0.2, 0.25) is 0 Å². The zero-order valence-corrected chi connectivity index (χ0v) is 13.4. The van der Waals surface area contributed by atoms with Crippen LogP contribution in [0.15, 0.2) is 58.4 Å². The summed E-state index contributed by atoms with van der Waals surface area (Å²) in [6, 6.07) is 16.9. The van der Waals surface area contributed by atoms with E-state index in [0.29, 0.717) is 0 Å². The van der Waals surface area contributed by atoms with Crippen molar-refractivity contribution in [3.63, 3.8) is 0 Å². The smallest absolute Gasteiger partial charge is 0.272 e. The number of hydrogen-bond donors (Lipinski definition) is 1. The lowest BCUT2D eigenvalue weighted by Crippen LogP contribution is -3.07. The van der Waals surface area contributed by atoms with E-state index >= 15 is 0 Å². The molecule has 1 unspecified atom stereocenters. The van der Waals surface area contributed by atoms with E-state index < -0.39 is 0 Å². The number of thioether (sulfide) groups is 1. The maximum absolute atomic E-state index is 4.85. The van der Waals surface area contributed by atoms with Crippen LogP contribution in [-0.4, -0.2) is 25.8 Å². The lowest BCUT2D eigenvalue weighted by Gasteiger charge is -2.12. The van der Waals surface area contributed by atoms with E-state index in [1.165, 1.54) is 21.2 Å². The number of amidine groups is 1. The number of benzene rings is 2. The van der Waals surface area contributed by atoms with Gasteiger partial charge >= 0.3 is 0 Å². The Morgan fingerprint density at radius 1 is 1.05 bits per heavy atom. The van der Waals surface area contributed by atoms with E-state index in [-0.39, 0.29) is 0 Å². The van der Waals surface area contributed by atoms with Gasteiger partial charge in [-0.25, -0.2) is 4.90 Å². The Hall–Kier alpha value is -1.78. The van der Waals surface area contributed by atoms with Gasteiger partial charge in [0, 0.05) is 25.8 Å². The second kappa shape index (κ2) is 5.92. The van der Waals surface area contributed by atoms with Crippen molar-refractivity contribution in [2.45, 2.75) is 11.8 Å². The zero-order chi connectivity index (χ0) is 14.8. The fraction of sp³-hybridized carbons (Fsp3) is 0.235. The molecule has 1 atom stereocenters. The molecule has 2 aromatic carbocycles. The molecular weight excluding hydrogens is 278 g/mol. The first-order chi connectivity index (χ1) is 10.2. The molecule has 0 aliphatic carbocycles. The molecule has 108 valence electrons. The van der Waals surface area contributed by atoms with E-state index in [0.717, 1.165) is 17.4 Å². The van der Waals surface area contributed by atoms with Crippen molar-refractivity contribution in [1.82, 2.24) is 0 Å². The Bertz CT molecular complexity index is 662. The summed E-state index contributed by atoms with van der Waals surface area (Å²) in [5.41, 5.74) is 3.55. The summed E-state index contributed by atoms with van der Waals surface area (Å²) in [4.78, 5) is 9.62. The van der Waals surface area contributed by atoms with E-state index in [2.05, 4.69) is 60.4 Å². The first kappa shape index (κ1) is 14.2. The molecule has 3 rings (SSSR count). The monoisotopic (exact) mass is 298 g/mol. The summed E-state index contributed by atoms with van der Waals surface area (Å²) < 4.78 is 0. The number of quaternary nitrogens is 1. The van der Waals surface area contributed by atoms with Crippen LogP contribution >= 0.6 is 11.8 Å². The highest BCUT2D eigenvalue weighted by Gasteiger charge is 2.31. The van der Waals surface area contributed by atoms with Gasteiger partial charge in [0.15, 0.2) is 5.69 Å². The lowest BCUT2D eigenvalue weighted by molar-refractivity contribution is -0.724. The Kier molecular flexibility index (Phi) is 3.99. The molecule has 0 fully saturated rings. The number of nitrogens with one attached hydrogen (secondary N) is 1. The van der Waals surface area contributed by atoms with Gasteiger partial charge in [-0.1, -0.05) is 12.1 Å². The van der Waals surface area contributed by atoms with Gasteiger partial charge in [0.25, 0.3) is 5.17 Å². The number of nitrogens with zero attached hydrogens (tertiary/aromatic N) is 2. The number of aliphatic imine (C=N–C) groups is 1. The van der Waals surface area contributed by atoms with Gasteiger partial charge in [-0.15, -0.1) is 0 Å². The quantitative estimate of drug-likeness (QED) is 0.939. The van der Waals surface area contributed by atoms with Crippen LogP contribution in [0.5, 0.6) is 0 Å². The molecule has 21 heavy (non-hydrogen) atoms. The van der Waals surface area contributed by atoms with Crippen molar-refractivity contribution in [2.75, 3.05) is 25.5 Å². The van der Waals surface area contributed by atoms with Crippen LogP contribution in [-0.2, 0) is 0 Å². The summed E-state index contributed by atoms with van der Waals surface area (Å²) in [5, 5.41) is 1.14. The first-order valence-corrected chi connectivity index (χ1v) is 8.00. The van der Waals surface area contributed by atoms with E-state index in [1.807, 2.05) is 14.1 Å². The minimum Gasteiger partial charge on any atom is -0.378 e. The van der Waals surface area contributed by atoms with Gasteiger partial charge in [0.2, 0.25) is 0 Å². The summed E-state index contributed by atoms with van der Waals surface area (Å²) in [7, 11) is 4.10. The SMILES string of the molecule is CC[NH+]1C(=Nc2ccc(N(C)C)cc2)Sc2ccccc21. The number of fused-ring (bicyclic) bond motifs is 1. The van der Waals surface area contributed by atoms with Crippen molar-refractivity contribution in [1.29, 1.82) is 0 Å². The molecule has 0 amide bonds. The second-order valence-electron chi connectivity index (χ2n) is 5.26. The molecular formula is C17H20N3S+. The highest BCUT2D eigenvalue weighted by molar-refractivity contribution is 8.13. The number of rotatable bonds is 3. The van der Waals surface area contributed by atoms with Crippen LogP contribution in [0.3, 0.4) is 0 Å². The van der Waals surface area contributed by atoms with Crippen molar-refractivity contribution in [3.05, 3.63) is 48.5 Å². The highest BCUT2D eigenvalue weighted by atomic mass is 32.2. The maximum atomic E-state index is 4.85. The molecule has 1 aliphatic rings. The largest absolute Gasteiger partial charge is 0.378 e. The van der Waals surface area contributed by atoms with E-state index in [4.69, 9.17) is 4.99 Å². The van der Waals surface area contributed by atoms with Gasteiger partial charge < -0.3 is 4.90 Å². The van der Waals surface area contributed by atoms with Gasteiger partial charge in [0.1, 0.15) is 0 Å². The molecule has 2 aromatic rings. The average Bonchev–Trinajstić information content (AvgIpc) is 2.84. The summed E-state index contributed by atoms with van der Waals surface area (Å²) >= 11 is 1.78. The molecule has 0 saturated heterocycles. The Labute approximate surface area is 130 Å². The van der Waals surface area contributed by atoms with Crippen molar-refractivity contribution in [3.8, 4) is 0 Å². The van der Waals surface area contributed by atoms with Gasteiger partial charge in [-0.2, -0.15) is 4.99 Å². The van der Waals surface area contributed by atoms with Crippen molar-refractivity contribution < 1.29 is 4.90 Å². The predicted molar refractivity (Wildman–Crippen MR) is 91.3 cm³/mol. The Morgan fingerprint density at radius 2 is 1.76 bits per heavy atom.